The highest BCUT2D eigenvalue weighted by atomic mass is 32.2. The Morgan fingerprint density at radius 2 is 2.18 bits per heavy atom. The number of carboxylic acids is 1. The van der Waals surface area contributed by atoms with Crippen LogP contribution in [0.1, 0.15) is 6.92 Å². The van der Waals surface area contributed by atoms with E-state index in [-0.39, 0.29) is 5.75 Å². The van der Waals surface area contributed by atoms with Gasteiger partial charge in [0.1, 0.15) is 0 Å². The normalized spacial score (nSPS) is 10.8. The maximum absolute atomic E-state index is 10.5. The molecule has 2 aromatic rings. The minimum absolute atomic E-state index is 0.0616. The van der Waals surface area contributed by atoms with Crippen LogP contribution in [-0.4, -0.2) is 32.0 Å². The lowest BCUT2D eigenvalue weighted by atomic mass is 10.2. The van der Waals surface area contributed by atoms with Crippen molar-refractivity contribution in [3.63, 3.8) is 0 Å². The standard InChI is InChI=1S/C15H16N4O2S/c1-3-9-19(4-2)12-7-5-11(6-8-12)14-16-15(18-17-14)22-10-13(20)21/h3-9H,2,10H2,1H3,(H,20,21)(H,16,17,18). The highest BCUT2D eigenvalue weighted by Gasteiger charge is 2.08. The van der Waals surface area contributed by atoms with Gasteiger partial charge in [0.2, 0.25) is 5.16 Å². The number of aromatic amines is 1. The van der Waals surface area contributed by atoms with E-state index in [4.69, 9.17) is 5.11 Å². The number of carboxylic acid groups (broad SMARTS) is 1. The third-order valence-electron chi connectivity index (χ3n) is 2.73. The number of rotatable bonds is 7. The number of benzene rings is 1. The fourth-order valence-corrected chi connectivity index (χ4v) is 2.29. The van der Waals surface area contributed by atoms with Gasteiger partial charge >= 0.3 is 5.97 Å². The minimum atomic E-state index is -0.894. The van der Waals surface area contributed by atoms with E-state index in [2.05, 4.69) is 21.8 Å². The summed E-state index contributed by atoms with van der Waals surface area (Å²) in [7, 11) is 0. The second-order valence-electron chi connectivity index (χ2n) is 4.27. The molecule has 0 atom stereocenters. The first-order chi connectivity index (χ1) is 10.6. The number of anilines is 1. The van der Waals surface area contributed by atoms with Gasteiger partial charge in [-0.3, -0.25) is 9.89 Å². The first-order valence-corrected chi connectivity index (χ1v) is 7.53. The molecule has 2 N–H and O–H groups in total. The van der Waals surface area contributed by atoms with E-state index in [1.807, 2.05) is 48.4 Å². The van der Waals surface area contributed by atoms with Gasteiger partial charge in [0.25, 0.3) is 0 Å². The zero-order chi connectivity index (χ0) is 15.9. The molecular formula is C15H16N4O2S. The smallest absolute Gasteiger partial charge is 0.313 e. The molecule has 6 nitrogen and oxygen atoms in total. The maximum Gasteiger partial charge on any atom is 0.313 e. The lowest BCUT2D eigenvalue weighted by Gasteiger charge is -2.14. The Morgan fingerprint density at radius 3 is 2.77 bits per heavy atom. The van der Waals surface area contributed by atoms with Gasteiger partial charge < -0.3 is 10.0 Å². The van der Waals surface area contributed by atoms with Crippen molar-refractivity contribution in [3.05, 3.63) is 49.3 Å². The maximum atomic E-state index is 10.5. The summed E-state index contributed by atoms with van der Waals surface area (Å²) in [5.41, 5.74) is 1.86. The van der Waals surface area contributed by atoms with Crippen LogP contribution >= 0.6 is 11.8 Å². The summed E-state index contributed by atoms with van der Waals surface area (Å²) in [5.74, 6) is -0.349. The van der Waals surface area contributed by atoms with Gasteiger partial charge in [0.15, 0.2) is 5.82 Å². The van der Waals surface area contributed by atoms with Crippen molar-refractivity contribution in [3.8, 4) is 11.4 Å². The summed E-state index contributed by atoms with van der Waals surface area (Å²) in [6.07, 6.45) is 5.57. The number of aliphatic carboxylic acids is 1. The Hall–Kier alpha value is -2.54. The third-order valence-corrected chi connectivity index (χ3v) is 3.57. The minimum Gasteiger partial charge on any atom is -0.481 e. The van der Waals surface area contributed by atoms with Gasteiger partial charge in [-0.05, 0) is 31.2 Å². The summed E-state index contributed by atoms with van der Waals surface area (Å²) in [6, 6.07) is 7.73. The fraction of sp³-hybridized carbons (Fsp3) is 0.133. The molecule has 0 amide bonds. The second-order valence-corrected chi connectivity index (χ2v) is 5.21. The SMILES string of the molecule is C=CN(C=CC)c1ccc(-c2nc(SCC(=O)O)n[nH]2)cc1. The van der Waals surface area contributed by atoms with Gasteiger partial charge in [-0.15, -0.1) is 5.10 Å². The predicted molar refractivity (Wildman–Crippen MR) is 87.7 cm³/mol. The lowest BCUT2D eigenvalue weighted by molar-refractivity contribution is -0.133. The molecule has 0 spiro atoms. The van der Waals surface area contributed by atoms with E-state index in [1.54, 1.807) is 6.20 Å². The summed E-state index contributed by atoms with van der Waals surface area (Å²) in [6.45, 7) is 5.71. The summed E-state index contributed by atoms with van der Waals surface area (Å²) >= 11 is 1.08. The van der Waals surface area contributed by atoms with E-state index in [0.717, 1.165) is 23.0 Å². The number of aromatic nitrogens is 3. The van der Waals surface area contributed by atoms with Gasteiger partial charge in [-0.25, -0.2) is 4.98 Å². The topological polar surface area (TPSA) is 82.1 Å². The van der Waals surface area contributed by atoms with Crippen LogP contribution in [-0.2, 0) is 4.79 Å². The van der Waals surface area contributed by atoms with Gasteiger partial charge in [0.05, 0.1) is 5.75 Å². The van der Waals surface area contributed by atoms with Crippen LogP contribution in [0.15, 0.2) is 54.5 Å². The van der Waals surface area contributed by atoms with Crippen molar-refractivity contribution >= 4 is 23.4 Å². The third kappa shape index (κ3) is 3.98. The van der Waals surface area contributed by atoms with Crippen molar-refractivity contribution < 1.29 is 9.90 Å². The average Bonchev–Trinajstić information content (AvgIpc) is 3.00. The Labute approximate surface area is 132 Å². The van der Waals surface area contributed by atoms with Crippen molar-refractivity contribution in [2.45, 2.75) is 12.1 Å². The Morgan fingerprint density at radius 1 is 1.45 bits per heavy atom. The number of allylic oxidation sites excluding steroid dienone is 1. The van der Waals surface area contributed by atoms with Crippen molar-refractivity contribution in [1.29, 1.82) is 0 Å². The number of nitrogens with zero attached hydrogens (tertiary/aromatic N) is 3. The molecule has 2 rings (SSSR count). The van der Waals surface area contributed by atoms with Crippen LogP contribution < -0.4 is 4.90 Å². The first-order valence-electron chi connectivity index (χ1n) is 6.55. The lowest BCUT2D eigenvalue weighted by Crippen LogP contribution is -2.05. The monoisotopic (exact) mass is 316 g/mol. The number of thioether (sulfide) groups is 1. The first kappa shape index (κ1) is 15.8. The van der Waals surface area contributed by atoms with E-state index < -0.39 is 5.97 Å². The van der Waals surface area contributed by atoms with Crippen LogP contribution in [0.4, 0.5) is 5.69 Å². The molecule has 0 radical (unpaired) electrons. The number of hydrogen-bond acceptors (Lipinski definition) is 5. The van der Waals surface area contributed by atoms with Crippen LogP contribution in [0.3, 0.4) is 0 Å². The molecule has 1 heterocycles. The van der Waals surface area contributed by atoms with Crippen LogP contribution in [0, 0.1) is 0 Å². The molecule has 0 bridgehead atoms. The molecule has 0 unspecified atom stereocenters. The van der Waals surface area contributed by atoms with Gasteiger partial charge in [0, 0.05) is 23.7 Å². The summed E-state index contributed by atoms with van der Waals surface area (Å²) < 4.78 is 0. The fourth-order valence-electron chi connectivity index (χ4n) is 1.77. The number of carbonyl (C=O) groups is 1. The van der Waals surface area contributed by atoms with E-state index in [0.29, 0.717) is 11.0 Å². The number of nitrogens with one attached hydrogen (secondary N) is 1. The van der Waals surface area contributed by atoms with Crippen LogP contribution in [0.5, 0.6) is 0 Å². The number of hydrogen-bond donors (Lipinski definition) is 2. The average molecular weight is 316 g/mol. The zero-order valence-electron chi connectivity index (χ0n) is 12.1. The Bertz CT molecular complexity index is 679. The zero-order valence-corrected chi connectivity index (χ0v) is 12.9. The molecule has 0 fully saturated rings. The molecule has 0 saturated carbocycles. The summed E-state index contributed by atoms with van der Waals surface area (Å²) in [5, 5.41) is 15.9. The quantitative estimate of drug-likeness (QED) is 0.764. The van der Waals surface area contributed by atoms with Crippen molar-refractivity contribution in [2.75, 3.05) is 10.7 Å². The predicted octanol–water partition coefficient (Wildman–Crippen LogP) is 3.13. The molecule has 0 aliphatic heterocycles. The van der Waals surface area contributed by atoms with Crippen molar-refractivity contribution in [1.82, 2.24) is 15.2 Å². The largest absolute Gasteiger partial charge is 0.481 e. The molecule has 22 heavy (non-hydrogen) atoms. The van der Waals surface area contributed by atoms with Gasteiger partial charge in [-0.2, -0.15) is 0 Å². The molecule has 1 aromatic heterocycles. The van der Waals surface area contributed by atoms with Gasteiger partial charge in [-0.1, -0.05) is 24.4 Å². The summed E-state index contributed by atoms with van der Waals surface area (Å²) in [4.78, 5) is 16.7. The molecule has 7 heteroatoms. The molecule has 1 aromatic carbocycles. The van der Waals surface area contributed by atoms with E-state index in [1.165, 1.54) is 0 Å². The van der Waals surface area contributed by atoms with Crippen molar-refractivity contribution in [2.24, 2.45) is 0 Å². The Kier molecular flexibility index (Phi) is 5.37. The van der Waals surface area contributed by atoms with E-state index >= 15 is 0 Å². The second kappa shape index (κ2) is 7.46. The Balaban J connectivity index is 2.13. The molecule has 0 saturated heterocycles. The van der Waals surface area contributed by atoms with Crippen LogP contribution in [0.25, 0.3) is 11.4 Å². The highest BCUT2D eigenvalue weighted by Crippen LogP contribution is 2.23. The molecular weight excluding hydrogens is 300 g/mol. The van der Waals surface area contributed by atoms with E-state index in [9.17, 15) is 4.79 Å². The molecule has 0 aliphatic rings. The molecule has 114 valence electrons. The number of H-pyrrole nitrogens is 1. The van der Waals surface area contributed by atoms with Crippen LogP contribution in [0.2, 0.25) is 0 Å². The molecule has 0 aliphatic carbocycles. The highest BCUT2D eigenvalue weighted by molar-refractivity contribution is 7.99.